The van der Waals surface area contributed by atoms with E-state index in [1.54, 1.807) is 13.8 Å². The lowest BCUT2D eigenvalue weighted by atomic mass is 10.3. The summed E-state index contributed by atoms with van der Waals surface area (Å²) in [6.45, 7) is 5.36. The summed E-state index contributed by atoms with van der Waals surface area (Å²) in [5.41, 5.74) is 7.06. The van der Waals surface area contributed by atoms with Crippen molar-refractivity contribution in [3.05, 3.63) is 10.9 Å². The summed E-state index contributed by atoms with van der Waals surface area (Å²) < 4.78 is 9.72. The molecule has 0 amide bonds. The van der Waals surface area contributed by atoms with E-state index in [1.807, 2.05) is 12.3 Å². The summed E-state index contributed by atoms with van der Waals surface area (Å²) in [7, 11) is 0. The van der Waals surface area contributed by atoms with Crippen LogP contribution in [0.25, 0.3) is 0 Å². The van der Waals surface area contributed by atoms with Crippen LogP contribution in [0.3, 0.4) is 0 Å². The Balaban J connectivity index is 2.61. The van der Waals surface area contributed by atoms with Crippen LogP contribution in [-0.2, 0) is 4.74 Å². The van der Waals surface area contributed by atoms with E-state index in [0.29, 0.717) is 10.8 Å². The van der Waals surface area contributed by atoms with Gasteiger partial charge in [-0.05, 0) is 31.7 Å². The largest absolute Gasteiger partial charge is 0.514 e. The molecule has 14 heavy (non-hydrogen) atoms. The highest BCUT2D eigenvalue weighted by Gasteiger charge is 2.13. The van der Waals surface area contributed by atoms with Crippen LogP contribution in [0.1, 0.15) is 19.4 Å². The summed E-state index contributed by atoms with van der Waals surface area (Å²) in [6, 6.07) is 0. The van der Waals surface area contributed by atoms with Crippen LogP contribution in [0.2, 0.25) is 0 Å². The lowest BCUT2D eigenvalue weighted by molar-refractivity contribution is 0.0741. The van der Waals surface area contributed by atoms with E-state index in [9.17, 15) is 4.79 Å². The van der Waals surface area contributed by atoms with Crippen LogP contribution >= 0.6 is 11.3 Å². The second-order valence-corrected chi connectivity index (χ2v) is 3.98. The van der Waals surface area contributed by atoms with E-state index in [2.05, 4.69) is 0 Å². The molecule has 0 aliphatic rings. The third kappa shape index (κ3) is 2.63. The van der Waals surface area contributed by atoms with Gasteiger partial charge in [0.1, 0.15) is 0 Å². The Morgan fingerprint density at radius 2 is 2.21 bits per heavy atom. The Morgan fingerprint density at radius 3 is 2.64 bits per heavy atom. The van der Waals surface area contributed by atoms with Crippen molar-refractivity contribution in [3.63, 3.8) is 0 Å². The average Bonchev–Trinajstić information content (AvgIpc) is 2.34. The molecule has 0 spiro atoms. The fraction of sp³-hybridized carbons (Fsp3) is 0.444. The fourth-order valence-electron chi connectivity index (χ4n) is 0.801. The number of aryl methyl sites for hydroxylation is 1. The van der Waals surface area contributed by atoms with Crippen molar-refractivity contribution in [1.29, 1.82) is 0 Å². The third-order valence-electron chi connectivity index (χ3n) is 1.50. The molecule has 0 aliphatic carbocycles. The summed E-state index contributed by atoms with van der Waals surface area (Å²) >= 11 is 1.28. The highest BCUT2D eigenvalue weighted by Crippen LogP contribution is 2.32. The molecule has 0 bridgehead atoms. The zero-order chi connectivity index (χ0) is 10.7. The molecule has 2 N–H and O–H groups in total. The molecule has 0 aromatic carbocycles. The molecular formula is C9H13NO3S. The summed E-state index contributed by atoms with van der Waals surface area (Å²) in [5, 5.41) is 2.22. The van der Waals surface area contributed by atoms with E-state index in [4.69, 9.17) is 15.2 Å². The Hall–Kier alpha value is -1.23. The second kappa shape index (κ2) is 4.32. The van der Waals surface area contributed by atoms with Gasteiger partial charge in [-0.1, -0.05) is 0 Å². The van der Waals surface area contributed by atoms with Crippen LogP contribution in [-0.4, -0.2) is 12.3 Å². The average molecular weight is 215 g/mol. The van der Waals surface area contributed by atoms with E-state index < -0.39 is 6.16 Å². The number of hydrogen-bond acceptors (Lipinski definition) is 5. The number of thiophene rings is 1. The highest BCUT2D eigenvalue weighted by molar-refractivity contribution is 7.12. The molecule has 78 valence electrons. The van der Waals surface area contributed by atoms with Gasteiger partial charge in [-0.3, -0.25) is 0 Å². The maximum atomic E-state index is 11.1. The maximum Gasteiger partial charge on any atom is 0.514 e. The Morgan fingerprint density at radius 1 is 1.57 bits per heavy atom. The predicted octanol–water partition coefficient (Wildman–Crippen LogP) is 2.56. The molecule has 0 radical (unpaired) electrons. The zero-order valence-electron chi connectivity index (χ0n) is 8.37. The van der Waals surface area contributed by atoms with Crippen molar-refractivity contribution in [3.8, 4) is 5.06 Å². The predicted molar refractivity (Wildman–Crippen MR) is 55.7 cm³/mol. The maximum absolute atomic E-state index is 11.1. The van der Waals surface area contributed by atoms with Gasteiger partial charge >= 0.3 is 6.16 Å². The number of ether oxygens (including phenoxy) is 2. The number of anilines is 1. The van der Waals surface area contributed by atoms with Crippen LogP contribution < -0.4 is 10.5 Å². The number of hydrogen-bond donors (Lipinski definition) is 1. The molecular weight excluding hydrogens is 202 g/mol. The molecule has 1 rings (SSSR count). The van der Waals surface area contributed by atoms with Gasteiger partial charge in [0.25, 0.3) is 0 Å². The highest BCUT2D eigenvalue weighted by atomic mass is 32.1. The first-order chi connectivity index (χ1) is 6.50. The molecule has 4 nitrogen and oxygen atoms in total. The first-order valence-corrected chi connectivity index (χ1v) is 5.10. The quantitative estimate of drug-likeness (QED) is 0.770. The van der Waals surface area contributed by atoms with Gasteiger partial charge in [0.2, 0.25) is 5.06 Å². The molecule has 0 unspecified atom stereocenters. The monoisotopic (exact) mass is 215 g/mol. The smallest absolute Gasteiger partial charge is 0.431 e. The zero-order valence-corrected chi connectivity index (χ0v) is 9.18. The van der Waals surface area contributed by atoms with E-state index >= 15 is 0 Å². The molecule has 5 heteroatoms. The van der Waals surface area contributed by atoms with Gasteiger partial charge in [-0.25, -0.2) is 4.79 Å². The second-order valence-electron chi connectivity index (χ2n) is 3.14. The van der Waals surface area contributed by atoms with Crippen LogP contribution in [0.15, 0.2) is 5.38 Å². The van der Waals surface area contributed by atoms with Crippen LogP contribution in [0.4, 0.5) is 10.5 Å². The number of nitrogen functional groups attached to an aromatic ring is 1. The number of rotatable bonds is 2. The number of carbonyl (C=O) groups is 1. The van der Waals surface area contributed by atoms with Gasteiger partial charge in [-0.15, -0.1) is 11.3 Å². The normalized spacial score (nSPS) is 10.3. The fourth-order valence-corrected chi connectivity index (χ4v) is 1.62. The Bertz CT molecular complexity index is 333. The summed E-state index contributed by atoms with van der Waals surface area (Å²) in [5.74, 6) is 0. The minimum Gasteiger partial charge on any atom is -0.431 e. The minimum atomic E-state index is -0.714. The van der Waals surface area contributed by atoms with Crippen LogP contribution in [0.5, 0.6) is 5.06 Å². The molecule has 0 saturated carbocycles. The summed E-state index contributed by atoms with van der Waals surface area (Å²) in [4.78, 5) is 11.1. The van der Waals surface area contributed by atoms with Gasteiger partial charge in [0.05, 0.1) is 11.8 Å². The number of carbonyl (C=O) groups excluding carboxylic acids is 1. The van der Waals surface area contributed by atoms with Crippen molar-refractivity contribution in [1.82, 2.24) is 0 Å². The molecule has 0 atom stereocenters. The Kier molecular flexibility index (Phi) is 3.35. The van der Waals surface area contributed by atoms with Crippen molar-refractivity contribution >= 4 is 23.2 Å². The van der Waals surface area contributed by atoms with Gasteiger partial charge in [0, 0.05) is 0 Å². The third-order valence-corrected chi connectivity index (χ3v) is 2.48. The summed E-state index contributed by atoms with van der Waals surface area (Å²) in [6.07, 6.45) is -0.904. The van der Waals surface area contributed by atoms with Gasteiger partial charge in [0.15, 0.2) is 0 Å². The molecule has 0 saturated heterocycles. The first kappa shape index (κ1) is 10.8. The van der Waals surface area contributed by atoms with Crippen molar-refractivity contribution in [2.45, 2.75) is 26.9 Å². The van der Waals surface area contributed by atoms with Crippen LogP contribution in [0, 0.1) is 6.92 Å². The Labute approximate surface area is 86.6 Å². The SMILES string of the molecule is Cc1csc(OC(=O)OC(C)C)c1N. The van der Waals surface area contributed by atoms with Crippen molar-refractivity contribution in [2.24, 2.45) is 0 Å². The van der Waals surface area contributed by atoms with Gasteiger partial charge < -0.3 is 15.2 Å². The molecule has 1 aromatic heterocycles. The van der Waals surface area contributed by atoms with Gasteiger partial charge in [-0.2, -0.15) is 0 Å². The van der Waals surface area contributed by atoms with E-state index in [0.717, 1.165) is 5.56 Å². The van der Waals surface area contributed by atoms with E-state index in [1.165, 1.54) is 11.3 Å². The molecule has 0 fully saturated rings. The standard InChI is InChI=1S/C9H13NO3S/c1-5(2)12-9(11)13-8-7(10)6(3)4-14-8/h4-5H,10H2,1-3H3. The lowest BCUT2D eigenvalue weighted by Crippen LogP contribution is -2.15. The number of nitrogens with two attached hydrogens (primary N) is 1. The molecule has 1 aromatic rings. The lowest BCUT2D eigenvalue weighted by Gasteiger charge is -2.07. The topological polar surface area (TPSA) is 61.5 Å². The minimum absolute atomic E-state index is 0.190. The van der Waals surface area contributed by atoms with Crippen molar-refractivity contribution < 1.29 is 14.3 Å². The first-order valence-electron chi connectivity index (χ1n) is 4.22. The molecule has 1 heterocycles. The molecule has 0 aliphatic heterocycles. The van der Waals surface area contributed by atoms with Crippen molar-refractivity contribution in [2.75, 3.05) is 5.73 Å². The van der Waals surface area contributed by atoms with E-state index in [-0.39, 0.29) is 6.10 Å².